The molecule has 0 atom stereocenters. The van der Waals surface area contributed by atoms with Gasteiger partial charge in [-0.1, -0.05) is 0 Å². The molecule has 0 aliphatic rings. The molecule has 1 heterocycles. The largest absolute Gasteiger partial charge is 0.241 e. The maximum atomic E-state index is 8.39. The molecule has 0 fully saturated rings. The predicted molar refractivity (Wildman–Crippen MR) is 43.0 cm³/mol. The average Bonchev–Trinajstić information content (AvgIpc) is 1.98. The molecule has 3 nitrogen and oxygen atoms in total. The zero-order chi connectivity index (χ0) is 8.27. The van der Waals surface area contributed by atoms with Gasteiger partial charge in [0.1, 0.15) is 16.3 Å². The van der Waals surface area contributed by atoms with E-state index in [4.69, 9.17) is 5.26 Å². The first-order valence-electron chi connectivity index (χ1n) is 3.10. The minimum absolute atomic E-state index is 0.702. The number of aromatic nitrogens is 2. The number of hydrogen-bond acceptors (Lipinski definition) is 4. The molecule has 0 unspecified atom stereocenters. The van der Waals surface area contributed by atoms with Crippen molar-refractivity contribution in [2.45, 2.75) is 18.9 Å². The number of hydrogen-bond donors (Lipinski definition) is 0. The molecular formula is C7H7N3S. The molecule has 0 spiro atoms. The third-order valence-corrected chi connectivity index (χ3v) is 1.89. The van der Waals surface area contributed by atoms with Gasteiger partial charge >= 0.3 is 0 Å². The van der Waals surface area contributed by atoms with E-state index in [2.05, 4.69) is 9.97 Å². The van der Waals surface area contributed by atoms with Gasteiger partial charge in [0.05, 0.1) is 0 Å². The molecule has 0 saturated carbocycles. The van der Waals surface area contributed by atoms with E-state index in [1.165, 1.54) is 0 Å². The maximum Gasteiger partial charge on any atom is 0.140 e. The van der Waals surface area contributed by atoms with Crippen molar-refractivity contribution >= 4 is 11.8 Å². The predicted octanol–water partition coefficient (Wildman–Crippen LogP) is 1.67. The van der Waals surface area contributed by atoms with Crippen LogP contribution in [0.1, 0.15) is 11.4 Å². The highest BCUT2D eigenvalue weighted by atomic mass is 32.2. The van der Waals surface area contributed by atoms with Crippen LogP contribution in [0.15, 0.2) is 11.2 Å². The molecule has 1 aromatic rings. The lowest BCUT2D eigenvalue weighted by atomic mass is 10.4. The highest BCUT2D eigenvalue weighted by molar-refractivity contribution is 8.03. The topological polar surface area (TPSA) is 49.6 Å². The minimum Gasteiger partial charge on any atom is -0.241 e. The Bertz CT molecular complexity index is 303. The molecule has 1 aromatic heterocycles. The summed E-state index contributed by atoms with van der Waals surface area (Å²) in [4.78, 5) is 8.08. The molecular weight excluding hydrogens is 158 g/mol. The zero-order valence-corrected chi connectivity index (χ0v) is 7.14. The standard InChI is InChI=1S/C7H7N3S/c1-5-3-9-6(2)10-7(5)11-4-8/h3H,1-2H3. The molecule has 4 heteroatoms. The van der Waals surface area contributed by atoms with E-state index < -0.39 is 0 Å². The minimum atomic E-state index is 0.702. The first kappa shape index (κ1) is 8.02. The summed E-state index contributed by atoms with van der Waals surface area (Å²) >= 11 is 1.07. The molecule has 0 aliphatic heterocycles. The number of nitrogens with zero attached hydrogens (tertiary/aromatic N) is 3. The Kier molecular flexibility index (Phi) is 2.44. The second-order valence-corrected chi connectivity index (χ2v) is 2.87. The normalized spacial score (nSPS) is 9.18. The summed E-state index contributed by atoms with van der Waals surface area (Å²) in [6.07, 6.45) is 1.72. The summed E-state index contributed by atoms with van der Waals surface area (Å²) in [6, 6.07) is 0. The smallest absolute Gasteiger partial charge is 0.140 e. The third kappa shape index (κ3) is 1.92. The van der Waals surface area contributed by atoms with Gasteiger partial charge in [0.15, 0.2) is 0 Å². The molecule has 56 valence electrons. The van der Waals surface area contributed by atoms with Gasteiger partial charge in [-0.25, -0.2) is 9.97 Å². The van der Waals surface area contributed by atoms with Gasteiger partial charge in [0.25, 0.3) is 0 Å². The molecule has 0 aliphatic carbocycles. The number of thiocyanates is 1. The van der Waals surface area contributed by atoms with Gasteiger partial charge in [0, 0.05) is 23.5 Å². The Balaban J connectivity index is 3.05. The SMILES string of the molecule is Cc1ncc(C)c(SC#N)n1. The molecule has 0 radical (unpaired) electrons. The van der Waals surface area contributed by atoms with E-state index in [0.717, 1.165) is 22.4 Å². The molecule has 0 amide bonds. The Morgan fingerprint density at radius 2 is 2.27 bits per heavy atom. The Morgan fingerprint density at radius 3 is 2.91 bits per heavy atom. The van der Waals surface area contributed by atoms with Crippen LogP contribution in [-0.4, -0.2) is 9.97 Å². The summed E-state index contributed by atoms with van der Waals surface area (Å²) in [7, 11) is 0. The van der Waals surface area contributed by atoms with Crippen molar-refractivity contribution in [3.63, 3.8) is 0 Å². The van der Waals surface area contributed by atoms with Crippen molar-refractivity contribution in [2.24, 2.45) is 0 Å². The molecule has 0 saturated heterocycles. The number of aryl methyl sites for hydroxylation is 2. The fraction of sp³-hybridized carbons (Fsp3) is 0.286. The molecule has 0 bridgehead atoms. The monoisotopic (exact) mass is 165 g/mol. The third-order valence-electron chi connectivity index (χ3n) is 1.19. The van der Waals surface area contributed by atoms with Gasteiger partial charge in [0.2, 0.25) is 0 Å². The molecule has 0 aromatic carbocycles. The van der Waals surface area contributed by atoms with Gasteiger partial charge in [-0.3, -0.25) is 0 Å². The van der Waals surface area contributed by atoms with E-state index >= 15 is 0 Å². The summed E-state index contributed by atoms with van der Waals surface area (Å²) in [5.41, 5.74) is 0.946. The van der Waals surface area contributed by atoms with E-state index in [0.29, 0.717) is 5.82 Å². The Morgan fingerprint density at radius 1 is 1.55 bits per heavy atom. The second kappa shape index (κ2) is 3.35. The van der Waals surface area contributed by atoms with Crippen LogP contribution in [0.2, 0.25) is 0 Å². The Hall–Kier alpha value is -1.08. The van der Waals surface area contributed by atoms with Crippen LogP contribution in [0, 0.1) is 24.5 Å². The number of thioether (sulfide) groups is 1. The van der Waals surface area contributed by atoms with Crippen LogP contribution in [0.3, 0.4) is 0 Å². The van der Waals surface area contributed by atoms with Crippen molar-refractivity contribution in [3.8, 4) is 5.40 Å². The van der Waals surface area contributed by atoms with Crippen molar-refractivity contribution in [3.05, 3.63) is 17.6 Å². The van der Waals surface area contributed by atoms with Crippen molar-refractivity contribution in [1.82, 2.24) is 9.97 Å². The molecule has 11 heavy (non-hydrogen) atoms. The fourth-order valence-corrected chi connectivity index (χ4v) is 1.13. The summed E-state index contributed by atoms with van der Waals surface area (Å²) < 4.78 is 0. The zero-order valence-electron chi connectivity index (χ0n) is 6.33. The van der Waals surface area contributed by atoms with Crippen LogP contribution >= 0.6 is 11.8 Å². The summed E-state index contributed by atoms with van der Waals surface area (Å²) in [5.74, 6) is 0.702. The van der Waals surface area contributed by atoms with Crippen LogP contribution < -0.4 is 0 Å². The van der Waals surface area contributed by atoms with Crippen LogP contribution in [0.4, 0.5) is 0 Å². The number of rotatable bonds is 1. The van der Waals surface area contributed by atoms with Crippen molar-refractivity contribution < 1.29 is 0 Å². The lowest BCUT2D eigenvalue weighted by Crippen LogP contribution is -1.91. The van der Waals surface area contributed by atoms with Crippen LogP contribution in [-0.2, 0) is 0 Å². The van der Waals surface area contributed by atoms with Gasteiger partial charge in [-0.15, -0.1) is 0 Å². The van der Waals surface area contributed by atoms with Crippen molar-refractivity contribution in [2.75, 3.05) is 0 Å². The van der Waals surface area contributed by atoms with Gasteiger partial charge in [-0.2, -0.15) is 5.26 Å². The van der Waals surface area contributed by atoms with E-state index in [9.17, 15) is 0 Å². The summed E-state index contributed by atoms with van der Waals surface area (Å²) in [5, 5.41) is 11.1. The van der Waals surface area contributed by atoms with Gasteiger partial charge < -0.3 is 0 Å². The van der Waals surface area contributed by atoms with E-state index in [-0.39, 0.29) is 0 Å². The lowest BCUT2D eigenvalue weighted by molar-refractivity contribution is 0.940. The Labute approximate surface area is 69.5 Å². The fourth-order valence-electron chi connectivity index (χ4n) is 0.656. The lowest BCUT2D eigenvalue weighted by Gasteiger charge is -1.98. The van der Waals surface area contributed by atoms with Crippen molar-refractivity contribution in [1.29, 1.82) is 5.26 Å². The molecule has 1 rings (SSSR count). The highest BCUT2D eigenvalue weighted by Crippen LogP contribution is 2.16. The quantitative estimate of drug-likeness (QED) is 0.361. The first-order valence-corrected chi connectivity index (χ1v) is 3.92. The second-order valence-electron chi connectivity index (χ2n) is 2.10. The number of nitriles is 1. The van der Waals surface area contributed by atoms with E-state index in [1.54, 1.807) is 13.1 Å². The maximum absolute atomic E-state index is 8.39. The van der Waals surface area contributed by atoms with Crippen LogP contribution in [0.25, 0.3) is 0 Å². The average molecular weight is 165 g/mol. The van der Waals surface area contributed by atoms with Gasteiger partial charge in [-0.05, 0) is 13.8 Å². The first-order chi connectivity index (χ1) is 5.24. The highest BCUT2D eigenvalue weighted by Gasteiger charge is 2.00. The molecule has 0 N–H and O–H groups in total. The van der Waals surface area contributed by atoms with Crippen LogP contribution in [0.5, 0.6) is 0 Å². The van der Waals surface area contributed by atoms with E-state index in [1.807, 2.05) is 12.3 Å². The summed E-state index contributed by atoms with van der Waals surface area (Å²) in [6.45, 7) is 3.69.